The van der Waals surface area contributed by atoms with Gasteiger partial charge in [-0.1, -0.05) is 12.8 Å². The van der Waals surface area contributed by atoms with E-state index in [0.29, 0.717) is 12.6 Å². The van der Waals surface area contributed by atoms with Crippen LogP contribution in [0.25, 0.3) is 0 Å². The molecule has 6 nitrogen and oxygen atoms in total. The van der Waals surface area contributed by atoms with Crippen LogP contribution in [0.2, 0.25) is 0 Å². The smallest absolute Gasteiger partial charge is 0.222 e. The van der Waals surface area contributed by atoms with Gasteiger partial charge < -0.3 is 20.3 Å². The second-order valence-corrected chi connectivity index (χ2v) is 6.98. The molecule has 3 heterocycles. The van der Waals surface area contributed by atoms with E-state index < -0.39 is 0 Å². The SMILES string of the molecule is CN1CCN(c2nc(N)nc3c2COC2(CCCC2)C3)CC1. The fraction of sp³-hybridized carbons (Fsp3) is 0.750. The lowest BCUT2D eigenvalue weighted by atomic mass is 9.90. The number of fused-ring (bicyclic) bond motifs is 1. The van der Waals surface area contributed by atoms with Crippen molar-refractivity contribution in [1.29, 1.82) is 0 Å². The monoisotopic (exact) mass is 303 g/mol. The average molecular weight is 303 g/mol. The molecular formula is C16H25N5O. The number of piperazine rings is 1. The summed E-state index contributed by atoms with van der Waals surface area (Å²) in [7, 11) is 2.16. The Morgan fingerprint density at radius 2 is 1.82 bits per heavy atom. The maximum Gasteiger partial charge on any atom is 0.222 e. The van der Waals surface area contributed by atoms with Gasteiger partial charge in [-0.05, 0) is 19.9 Å². The van der Waals surface area contributed by atoms with E-state index in [0.717, 1.165) is 62.5 Å². The summed E-state index contributed by atoms with van der Waals surface area (Å²) in [6.07, 6.45) is 5.73. The van der Waals surface area contributed by atoms with Crippen molar-refractivity contribution < 1.29 is 4.74 Å². The molecule has 0 unspecified atom stereocenters. The highest BCUT2D eigenvalue weighted by Gasteiger charge is 2.40. The van der Waals surface area contributed by atoms with Crippen molar-refractivity contribution in [2.45, 2.75) is 44.3 Å². The van der Waals surface area contributed by atoms with E-state index in [1.165, 1.54) is 12.8 Å². The Balaban J connectivity index is 1.65. The van der Waals surface area contributed by atoms with Gasteiger partial charge in [0.2, 0.25) is 5.95 Å². The molecule has 0 radical (unpaired) electrons. The van der Waals surface area contributed by atoms with Crippen molar-refractivity contribution in [1.82, 2.24) is 14.9 Å². The van der Waals surface area contributed by atoms with E-state index >= 15 is 0 Å². The van der Waals surface area contributed by atoms with E-state index in [1.807, 2.05) is 0 Å². The van der Waals surface area contributed by atoms with Crippen LogP contribution in [-0.4, -0.2) is 53.7 Å². The topological polar surface area (TPSA) is 67.5 Å². The van der Waals surface area contributed by atoms with Crippen LogP contribution in [0.5, 0.6) is 0 Å². The number of nitrogen functional groups attached to an aromatic ring is 1. The molecule has 1 spiro atoms. The van der Waals surface area contributed by atoms with E-state index in [9.17, 15) is 0 Å². The van der Waals surface area contributed by atoms with E-state index in [1.54, 1.807) is 0 Å². The summed E-state index contributed by atoms with van der Waals surface area (Å²) in [5, 5.41) is 0. The van der Waals surface area contributed by atoms with E-state index in [2.05, 4.69) is 26.8 Å². The van der Waals surface area contributed by atoms with Crippen LogP contribution >= 0.6 is 0 Å². The Labute approximate surface area is 131 Å². The fourth-order valence-corrected chi connectivity index (χ4v) is 4.03. The highest BCUT2D eigenvalue weighted by atomic mass is 16.5. The number of nitrogens with zero attached hydrogens (tertiary/aromatic N) is 4. The quantitative estimate of drug-likeness (QED) is 0.841. The molecule has 6 heteroatoms. The third-order valence-electron chi connectivity index (χ3n) is 5.42. The van der Waals surface area contributed by atoms with Crippen LogP contribution in [0.15, 0.2) is 0 Å². The normalized spacial score (nSPS) is 24.7. The minimum atomic E-state index is 0.0210. The van der Waals surface area contributed by atoms with Crippen LogP contribution in [0.3, 0.4) is 0 Å². The largest absolute Gasteiger partial charge is 0.370 e. The number of hydrogen-bond acceptors (Lipinski definition) is 6. The van der Waals surface area contributed by atoms with Crippen LogP contribution in [0, 0.1) is 0 Å². The van der Waals surface area contributed by atoms with Gasteiger partial charge in [0.15, 0.2) is 0 Å². The van der Waals surface area contributed by atoms with E-state index in [4.69, 9.17) is 10.5 Å². The summed E-state index contributed by atoms with van der Waals surface area (Å²) >= 11 is 0. The number of nitrogens with two attached hydrogens (primary N) is 1. The first-order valence-electron chi connectivity index (χ1n) is 8.38. The van der Waals surface area contributed by atoms with Crippen molar-refractivity contribution in [3.05, 3.63) is 11.3 Å². The van der Waals surface area contributed by atoms with Crippen LogP contribution < -0.4 is 10.6 Å². The number of rotatable bonds is 1. The molecule has 0 bridgehead atoms. The molecule has 22 heavy (non-hydrogen) atoms. The van der Waals surface area contributed by atoms with Gasteiger partial charge in [0.05, 0.1) is 17.9 Å². The van der Waals surface area contributed by atoms with Crippen LogP contribution in [-0.2, 0) is 17.8 Å². The molecule has 1 saturated carbocycles. The van der Waals surface area contributed by atoms with Crippen LogP contribution in [0.1, 0.15) is 36.9 Å². The van der Waals surface area contributed by atoms with Crippen molar-refractivity contribution in [3.63, 3.8) is 0 Å². The Morgan fingerprint density at radius 1 is 1.09 bits per heavy atom. The van der Waals surface area contributed by atoms with Gasteiger partial charge in [-0.3, -0.25) is 0 Å². The minimum Gasteiger partial charge on any atom is -0.370 e. The highest BCUT2D eigenvalue weighted by molar-refractivity contribution is 5.53. The zero-order valence-electron chi connectivity index (χ0n) is 13.3. The second kappa shape index (κ2) is 5.35. The average Bonchev–Trinajstić information content (AvgIpc) is 2.95. The Morgan fingerprint density at radius 3 is 2.55 bits per heavy atom. The third kappa shape index (κ3) is 2.44. The lowest BCUT2D eigenvalue weighted by molar-refractivity contribution is -0.0634. The summed E-state index contributed by atoms with van der Waals surface area (Å²) in [6, 6.07) is 0. The summed E-state index contributed by atoms with van der Waals surface area (Å²) < 4.78 is 6.29. The molecule has 1 saturated heterocycles. The van der Waals surface area contributed by atoms with Gasteiger partial charge in [0.25, 0.3) is 0 Å². The highest BCUT2D eigenvalue weighted by Crippen LogP contribution is 2.42. The maximum absolute atomic E-state index is 6.29. The Kier molecular flexibility index (Phi) is 3.46. The molecule has 120 valence electrons. The molecule has 0 amide bonds. The molecular weight excluding hydrogens is 278 g/mol. The zero-order valence-corrected chi connectivity index (χ0v) is 13.3. The van der Waals surface area contributed by atoms with Gasteiger partial charge in [-0.2, -0.15) is 4.98 Å². The number of ether oxygens (including phenoxy) is 1. The molecule has 2 N–H and O–H groups in total. The second-order valence-electron chi connectivity index (χ2n) is 6.98. The van der Waals surface area contributed by atoms with Crippen molar-refractivity contribution in [2.24, 2.45) is 0 Å². The summed E-state index contributed by atoms with van der Waals surface area (Å²) in [5.74, 6) is 1.41. The summed E-state index contributed by atoms with van der Waals surface area (Å²) in [5.41, 5.74) is 8.31. The van der Waals surface area contributed by atoms with Gasteiger partial charge in [0.1, 0.15) is 5.82 Å². The molecule has 2 aliphatic heterocycles. The molecule has 3 aliphatic rings. The molecule has 0 aromatic carbocycles. The van der Waals surface area contributed by atoms with Crippen molar-refractivity contribution in [3.8, 4) is 0 Å². The summed E-state index contributed by atoms with van der Waals surface area (Å²) in [4.78, 5) is 13.8. The Hall–Kier alpha value is -1.40. The molecule has 1 aliphatic carbocycles. The first kappa shape index (κ1) is 14.2. The molecule has 2 fully saturated rings. The van der Waals surface area contributed by atoms with E-state index in [-0.39, 0.29) is 5.60 Å². The standard InChI is InChI=1S/C16H25N5O/c1-20-6-8-21(9-7-20)14-12-11-22-16(4-2-3-5-16)10-13(12)18-15(17)19-14/h2-11H2,1H3,(H2,17,18,19). The molecule has 0 atom stereocenters. The predicted molar refractivity (Wildman–Crippen MR) is 85.8 cm³/mol. The van der Waals surface area contributed by atoms with Gasteiger partial charge in [0, 0.05) is 38.2 Å². The van der Waals surface area contributed by atoms with Crippen molar-refractivity contribution >= 4 is 11.8 Å². The molecule has 4 rings (SSSR count). The first-order valence-corrected chi connectivity index (χ1v) is 8.38. The first-order chi connectivity index (χ1) is 10.7. The number of hydrogen-bond donors (Lipinski definition) is 1. The molecule has 1 aromatic rings. The lowest BCUT2D eigenvalue weighted by Crippen LogP contribution is -2.46. The van der Waals surface area contributed by atoms with Gasteiger partial charge in [-0.25, -0.2) is 4.98 Å². The lowest BCUT2D eigenvalue weighted by Gasteiger charge is -2.38. The van der Waals surface area contributed by atoms with Gasteiger partial charge in [-0.15, -0.1) is 0 Å². The summed E-state index contributed by atoms with van der Waals surface area (Å²) in [6.45, 7) is 4.74. The Bertz CT molecular complexity index is 562. The predicted octanol–water partition coefficient (Wildman–Crippen LogP) is 1.20. The maximum atomic E-state index is 6.29. The fourth-order valence-electron chi connectivity index (χ4n) is 4.03. The third-order valence-corrected chi connectivity index (χ3v) is 5.42. The zero-order chi connectivity index (χ0) is 15.2. The number of aromatic nitrogens is 2. The van der Waals surface area contributed by atoms with Crippen LogP contribution in [0.4, 0.5) is 11.8 Å². The van der Waals surface area contributed by atoms with Gasteiger partial charge >= 0.3 is 0 Å². The molecule has 1 aromatic heterocycles. The van der Waals surface area contributed by atoms with Crippen molar-refractivity contribution in [2.75, 3.05) is 43.9 Å². The number of anilines is 2. The minimum absolute atomic E-state index is 0.0210. The number of likely N-dealkylation sites (N-methyl/N-ethyl adjacent to an activating group) is 1.